The highest BCUT2D eigenvalue weighted by molar-refractivity contribution is 5.48. The molecule has 1 aliphatic heterocycles. The van der Waals surface area contributed by atoms with E-state index in [0.717, 1.165) is 43.3 Å². The van der Waals surface area contributed by atoms with E-state index in [1.807, 2.05) is 0 Å². The maximum atomic E-state index is 10.7. The van der Waals surface area contributed by atoms with Crippen LogP contribution >= 0.6 is 0 Å². The van der Waals surface area contributed by atoms with Crippen LogP contribution in [0, 0.1) is 16.7 Å². The molecule has 4 rings (SSSR count). The van der Waals surface area contributed by atoms with Gasteiger partial charge in [0.25, 0.3) is 0 Å². The minimum Gasteiger partial charge on any atom is -0.493 e. The minimum absolute atomic E-state index is 0.247. The van der Waals surface area contributed by atoms with E-state index in [0.29, 0.717) is 18.6 Å². The Balaban J connectivity index is 1.32. The molecule has 1 aromatic rings. The molecule has 0 aromatic heterocycles. The van der Waals surface area contributed by atoms with Crippen LogP contribution in [0.3, 0.4) is 0 Å². The Hall–Kier alpha value is -1.30. The molecule has 1 heterocycles. The van der Waals surface area contributed by atoms with Crippen LogP contribution in [0.2, 0.25) is 0 Å². The van der Waals surface area contributed by atoms with E-state index >= 15 is 0 Å². The van der Waals surface area contributed by atoms with Crippen LogP contribution in [0.25, 0.3) is 0 Å². The molecular weight excluding hydrogens is 366 g/mol. The molecule has 0 radical (unpaired) electrons. The van der Waals surface area contributed by atoms with Gasteiger partial charge in [-0.3, -0.25) is 4.90 Å². The number of nitrogens with zero attached hydrogens (tertiary/aromatic N) is 1. The highest BCUT2D eigenvalue weighted by Crippen LogP contribution is 2.66. The van der Waals surface area contributed by atoms with Gasteiger partial charge in [-0.25, -0.2) is 0 Å². The summed E-state index contributed by atoms with van der Waals surface area (Å²) in [6.45, 7) is 10.0. The fourth-order valence-electron chi connectivity index (χ4n) is 6.06. The smallest absolute Gasteiger partial charge is 0.161 e. The maximum Gasteiger partial charge on any atom is 0.161 e. The van der Waals surface area contributed by atoms with Gasteiger partial charge in [0, 0.05) is 19.6 Å². The van der Waals surface area contributed by atoms with E-state index < -0.39 is 6.10 Å². The lowest BCUT2D eigenvalue weighted by molar-refractivity contribution is -0.0798. The third-order valence-corrected chi connectivity index (χ3v) is 8.47. The molecule has 0 amide bonds. The average Bonchev–Trinajstić information content (AvgIpc) is 3.04. The van der Waals surface area contributed by atoms with Crippen molar-refractivity contribution in [3.8, 4) is 11.5 Å². The van der Waals surface area contributed by atoms with Crippen molar-refractivity contribution < 1.29 is 19.3 Å². The third kappa shape index (κ3) is 3.55. The van der Waals surface area contributed by atoms with Crippen LogP contribution in [-0.2, 0) is 17.7 Å². The van der Waals surface area contributed by atoms with Crippen molar-refractivity contribution >= 4 is 0 Å². The monoisotopic (exact) mass is 403 g/mol. The Bertz CT molecular complexity index is 749. The molecule has 2 fully saturated rings. The standard InChI is InChI=1S/C24H37NO4/c1-23(2)18-6-8-24(23,3)22(12-18)29-15-19(26)14-25-9-7-16-10-20(27-4)21(28-5)11-17(16)13-25/h10-11,18-19,22,26H,6-9,12-15H2,1-5H3/t18-,19+,22+,24+/m0/s1. The van der Waals surface area contributed by atoms with Gasteiger partial charge in [-0.2, -0.15) is 0 Å². The molecule has 2 saturated carbocycles. The molecule has 162 valence electrons. The predicted molar refractivity (Wildman–Crippen MR) is 114 cm³/mol. The molecule has 4 atom stereocenters. The average molecular weight is 404 g/mol. The quantitative estimate of drug-likeness (QED) is 0.753. The van der Waals surface area contributed by atoms with Crippen molar-refractivity contribution in [2.45, 2.75) is 65.2 Å². The van der Waals surface area contributed by atoms with Crippen molar-refractivity contribution in [3.63, 3.8) is 0 Å². The highest BCUT2D eigenvalue weighted by Gasteiger charge is 2.61. The molecule has 0 saturated heterocycles. The summed E-state index contributed by atoms with van der Waals surface area (Å²) in [6, 6.07) is 4.16. The van der Waals surface area contributed by atoms with Gasteiger partial charge in [0.1, 0.15) is 0 Å². The Morgan fingerprint density at radius 3 is 2.41 bits per heavy atom. The molecular formula is C24H37NO4. The number of rotatable bonds is 7. The summed E-state index contributed by atoms with van der Waals surface area (Å²) in [6.07, 6.45) is 4.51. The molecule has 1 N–H and O–H groups in total. The molecule has 0 spiro atoms. The number of aliphatic hydroxyl groups is 1. The fourth-order valence-corrected chi connectivity index (χ4v) is 6.06. The van der Waals surface area contributed by atoms with Crippen molar-refractivity contribution in [1.29, 1.82) is 0 Å². The second-order valence-electron chi connectivity index (χ2n) is 10.0. The summed E-state index contributed by atoms with van der Waals surface area (Å²) in [7, 11) is 3.34. The minimum atomic E-state index is -0.456. The van der Waals surface area contributed by atoms with E-state index in [4.69, 9.17) is 14.2 Å². The van der Waals surface area contributed by atoms with Crippen LogP contribution in [0.15, 0.2) is 12.1 Å². The molecule has 5 heteroatoms. The summed E-state index contributed by atoms with van der Waals surface area (Å²) in [5.74, 6) is 2.32. The lowest BCUT2D eigenvalue weighted by Gasteiger charge is -2.39. The van der Waals surface area contributed by atoms with Gasteiger partial charge in [-0.15, -0.1) is 0 Å². The number of β-amino-alcohol motifs (C(OH)–C–C–N with tert-alkyl or cyclic N) is 1. The largest absolute Gasteiger partial charge is 0.493 e. The molecule has 2 bridgehead atoms. The number of hydrogen-bond acceptors (Lipinski definition) is 5. The lowest BCUT2D eigenvalue weighted by atomic mass is 9.70. The summed E-state index contributed by atoms with van der Waals surface area (Å²) >= 11 is 0. The van der Waals surface area contributed by atoms with Gasteiger partial charge >= 0.3 is 0 Å². The van der Waals surface area contributed by atoms with Gasteiger partial charge in [-0.1, -0.05) is 20.8 Å². The lowest BCUT2D eigenvalue weighted by Crippen LogP contribution is -2.41. The van der Waals surface area contributed by atoms with Crippen LogP contribution in [0.1, 0.15) is 51.2 Å². The van der Waals surface area contributed by atoms with Crippen molar-refractivity contribution in [2.75, 3.05) is 33.9 Å². The van der Waals surface area contributed by atoms with Gasteiger partial charge < -0.3 is 19.3 Å². The molecule has 5 nitrogen and oxygen atoms in total. The van der Waals surface area contributed by atoms with Crippen LogP contribution in [0.4, 0.5) is 0 Å². The number of hydrogen-bond donors (Lipinski definition) is 1. The van der Waals surface area contributed by atoms with Gasteiger partial charge in [0.05, 0.1) is 33.0 Å². The van der Waals surface area contributed by atoms with Gasteiger partial charge in [0.15, 0.2) is 11.5 Å². The summed E-state index contributed by atoms with van der Waals surface area (Å²) in [5, 5.41) is 10.7. The SMILES string of the molecule is COc1cc2c(cc1OC)CN(C[C@@H](O)CO[C@@H]1C[C@@H]3CC[C@@]1(C)C3(C)C)CC2. The summed E-state index contributed by atoms with van der Waals surface area (Å²) in [5.41, 5.74) is 3.15. The highest BCUT2D eigenvalue weighted by atomic mass is 16.5. The fraction of sp³-hybridized carbons (Fsp3) is 0.750. The van der Waals surface area contributed by atoms with Crippen molar-refractivity contribution in [1.82, 2.24) is 4.90 Å². The molecule has 1 aromatic carbocycles. The van der Waals surface area contributed by atoms with Crippen LogP contribution in [0.5, 0.6) is 11.5 Å². The molecule has 2 aliphatic carbocycles. The first-order chi connectivity index (χ1) is 13.8. The number of ether oxygens (including phenoxy) is 3. The number of methoxy groups -OCH3 is 2. The third-order valence-electron chi connectivity index (χ3n) is 8.47. The zero-order valence-electron chi connectivity index (χ0n) is 18.7. The van der Waals surface area contributed by atoms with E-state index in [9.17, 15) is 5.11 Å². The number of fused-ring (bicyclic) bond motifs is 3. The zero-order chi connectivity index (χ0) is 20.8. The maximum absolute atomic E-state index is 10.7. The second-order valence-corrected chi connectivity index (χ2v) is 10.0. The first-order valence-corrected chi connectivity index (χ1v) is 11.0. The van der Waals surface area contributed by atoms with E-state index in [2.05, 4.69) is 37.8 Å². The molecule has 29 heavy (non-hydrogen) atoms. The summed E-state index contributed by atoms with van der Waals surface area (Å²) in [4.78, 5) is 2.31. The Kier molecular flexibility index (Phi) is 5.60. The van der Waals surface area contributed by atoms with Crippen LogP contribution < -0.4 is 9.47 Å². The van der Waals surface area contributed by atoms with E-state index in [1.54, 1.807) is 14.2 Å². The van der Waals surface area contributed by atoms with E-state index in [1.165, 1.54) is 24.0 Å². The van der Waals surface area contributed by atoms with Crippen LogP contribution in [-0.4, -0.2) is 56.1 Å². The Labute approximate surface area is 175 Å². The second kappa shape index (κ2) is 7.75. The Morgan fingerprint density at radius 1 is 1.14 bits per heavy atom. The topological polar surface area (TPSA) is 51.2 Å². The number of benzene rings is 1. The van der Waals surface area contributed by atoms with Gasteiger partial charge in [0.2, 0.25) is 0 Å². The number of aliphatic hydroxyl groups excluding tert-OH is 1. The Morgan fingerprint density at radius 2 is 1.83 bits per heavy atom. The predicted octanol–water partition coefficient (Wildman–Crippen LogP) is 3.65. The van der Waals surface area contributed by atoms with Crippen molar-refractivity contribution in [3.05, 3.63) is 23.3 Å². The summed E-state index contributed by atoms with van der Waals surface area (Å²) < 4.78 is 17.2. The first kappa shape index (κ1) is 21.0. The molecule has 0 unspecified atom stereocenters. The zero-order valence-corrected chi connectivity index (χ0v) is 18.7. The molecule has 3 aliphatic rings. The van der Waals surface area contributed by atoms with Crippen molar-refractivity contribution in [2.24, 2.45) is 16.7 Å². The van der Waals surface area contributed by atoms with E-state index in [-0.39, 0.29) is 11.5 Å². The first-order valence-electron chi connectivity index (χ1n) is 11.0. The normalized spacial score (nSPS) is 31.5. The van der Waals surface area contributed by atoms with Gasteiger partial charge in [-0.05, 0) is 65.7 Å².